The highest BCUT2D eigenvalue weighted by molar-refractivity contribution is 9.10. The first-order valence-corrected chi connectivity index (χ1v) is 5.06. The lowest BCUT2D eigenvalue weighted by Gasteiger charge is -2.08. The molecule has 0 aliphatic heterocycles. The number of halogens is 4. The minimum atomic E-state index is -4.49. The van der Waals surface area contributed by atoms with Crippen molar-refractivity contribution < 1.29 is 22.7 Å². The van der Waals surface area contributed by atoms with E-state index in [9.17, 15) is 18.0 Å². The van der Waals surface area contributed by atoms with Crippen molar-refractivity contribution in [3.63, 3.8) is 0 Å². The maximum absolute atomic E-state index is 12.0. The van der Waals surface area contributed by atoms with Crippen molar-refractivity contribution in [2.45, 2.75) is 12.6 Å². The van der Waals surface area contributed by atoms with Crippen LogP contribution in [0.2, 0.25) is 0 Å². The quantitative estimate of drug-likeness (QED) is 0.797. The van der Waals surface area contributed by atoms with E-state index in [1.807, 2.05) is 0 Å². The molecule has 0 saturated carbocycles. The Kier molecular flexibility index (Phi) is 3.96. The van der Waals surface area contributed by atoms with E-state index in [-0.39, 0.29) is 5.56 Å². The van der Waals surface area contributed by atoms with E-state index in [0.29, 0.717) is 10.2 Å². The zero-order valence-electron chi connectivity index (χ0n) is 8.27. The number of carbonyl (C=O) groups excluding carboxylic acids is 1. The van der Waals surface area contributed by atoms with E-state index in [0.717, 1.165) is 0 Å². The van der Waals surface area contributed by atoms with E-state index in [1.54, 1.807) is 0 Å². The van der Waals surface area contributed by atoms with Crippen LogP contribution in [0.3, 0.4) is 0 Å². The summed E-state index contributed by atoms with van der Waals surface area (Å²) in [6, 6.07) is 4.19. The number of hydrogen-bond donors (Lipinski definition) is 0. The molecule has 6 heteroatoms. The van der Waals surface area contributed by atoms with Crippen LogP contribution in [0.25, 0.3) is 0 Å². The number of Topliss-reactive ketones (excluding diaryl/α,β-unsaturated/α-hetero) is 1. The lowest BCUT2D eigenvalue weighted by atomic mass is 10.1. The molecule has 0 spiro atoms. The predicted octanol–water partition coefficient (Wildman–Crippen LogP) is 3.59. The fraction of sp³-hybridized carbons (Fsp3) is 0.300. The second-order valence-electron chi connectivity index (χ2n) is 3.06. The van der Waals surface area contributed by atoms with E-state index in [2.05, 4.69) is 15.9 Å². The SMILES string of the molecule is COc1ccc(C(=O)CC(F)(F)F)c(Br)c1. The fourth-order valence-electron chi connectivity index (χ4n) is 1.13. The maximum atomic E-state index is 12.0. The average molecular weight is 297 g/mol. The molecule has 0 aromatic heterocycles. The van der Waals surface area contributed by atoms with Gasteiger partial charge in [-0.25, -0.2) is 0 Å². The van der Waals surface area contributed by atoms with Crippen molar-refractivity contribution in [1.82, 2.24) is 0 Å². The van der Waals surface area contributed by atoms with Crippen LogP contribution in [-0.2, 0) is 0 Å². The van der Waals surface area contributed by atoms with E-state index in [4.69, 9.17) is 4.74 Å². The van der Waals surface area contributed by atoms with Crippen LogP contribution in [0.1, 0.15) is 16.8 Å². The van der Waals surface area contributed by atoms with Crippen LogP contribution in [-0.4, -0.2) is 19.1 Å². The predicted molar refractivity (Wildman–Crippen MR) is 55.7 cm³/mol. The second kappa shape index (κ2) is 4.86. The molecule has 2 nitrogen and oxygen atoms in total. The van der Waals surface area contributed by atoms with Crippen molar-refractivity contribution in [2.24, 2.45) is 0 Å². The summed E-state index contributed by atoms with van der Waals surface area (Å²) in [7, 11) is 1.43. The summed E-state index contributed by atoms with van der Waals surface area (Å²) < 4.78 is 41.2. The number of ether oxygens (including phenoxy) is 1. The molecule has 1 aromatic rings. The molecular formula is C10H8BrF3O2. The Morgan fingerprint density at radius 1 is 1.44 bits per heavy atom. The monoisotopic (exact) mass is 296 g/mol. The lowest BCUT2D eigenvalue weighted by Crippen LogP contribution is -2.15. The van der Waals surface area contributed by atoms with Crippen LogP contribution in [0.15, 0.2) is 22.7 Å². The topological polar surface area (TPSA) is 26.3 Å². The number of hydrogen-bond acceptors (Lipinski definition) is 2. The van der Waals surface area contributed by atoms with Gasteiger partial charge in [-0.05, 0) is 34.1 Å². The molecule has 0 radical (unpaired) electrons. The number of alkyl halides is 3. The highest BCUT2D eigenvalue weighted by Gasteiger charge is 2.32. The third kappa shape index (κ3) is 3.52. The molecule has 0 fully saturated rings. The lowest BCUT2D eigenvalue weighted by molar-refractivity contribution is -0.125. The third-order valence-electron chi connectivity index (χ3n) is 1.84. The first-order chi connectivity index (χ1) is 7.33. The van der Waals surface area contributed by atoms with Crippen LogP contribution >= 0.6 is 15.9 Å². The first-order valence-electron chi connectivity index (χ1n) is 4.27. The molecule has 0 amide bonds. The standard InChI is InChI=1S/C10H8BrF3O2/c1-16-6-2-3-7(8(11)4-6)9(15)5-10(12,13)14/h2-4H,5H2,1H3. The number of benzene rings is 1. The van der Waals surface area contributed by atoms with Gasteiger partial charge < -0.3 is 4.74 Å². The van der Waals surface area contributed by atoms with Gasteiger partial charge in [0.2, 0.25) is 0 Å². The second-order valence-corrected chi connectivity index (χ2v) is 3.92. The van der Waals surface area contributed by atoms with Crippen LogP contribution in [0, 0.1) is 0 Å². The van der Waals surface area contributed by atoms with Gasteiger partial charge in [-0.3, -0.25) is 4.79 Å². The van der Waals surface area contributed by atoms with E-state index < -0.39 is 18.4 Å². The fourth-order valence-corrected chi connectivity index (χ4v) is 1.71. The van der Waals surface area contributed by atoms with Crippen LogP contribution in [0.4, 0.5) is 13.2 Å². The van der Waals surface area contributed by atoms with Crippen molar-refractivity contribution in [1.29, 1.82) is 0 Å². The molecule has 0 unspecified atom stereocenters. The number of carbonyl (C=O) groups is 1. The minimum absolute atomic E-state index is 0.00174. The first kappa shape index (κ1) is 13.0. The largest absolute Gasteiger partial charge is 0.497 e. The van der Waals surface area contributed by atoms with Gasteiger partial charge in [0, 0.05) is 10.0 Å². The van der Waals surface area contributed by atoms with Gasteiger partial charge in [-0.1, -0.05) is 0 Å². The Bertz CT molecular complexity index is 402. The maximum Gasteiger partial charge on any atom is 0.396 e. The molecule has 0 heterocycles. The van der Waals surface area contributed by atoms with Crippen LogP contribution < -0.4 is 4.74 Å². The van der Waals surface area contributed by atoms with Crippen molar-refractivity contribution in [3.8, 4) is 5.75 Å². The molecule has 0 aliphatic rings. The van der Waals surface area contributed by atoms with E-state index in [1.165, 1.54) is 25.3 Å². The third-order valence-corrected chi connectivity index (χ3v) is 2.49. The Balaban J connectivity index is 2.93. The summed E-state index contributed by atoms with van der Waals surface area (Å²) >= 11 is 3.03. The van der Waals surface area contributed by atoms with Crippen molar-refractivity contribution in [2.75, 3.05) is 7.11 Å². The van der Waals surface area contributed by atoms with E-state index >= 15 is 0 Å². The van der Waals surface area contributed by atoms with Gasteiger partial charge in [0.15, 0.2) is 5.78 Å². The van der Waals surface area contributed by atoms with Gasteiger partial charge >= 0.3 is 6.18 Å². The molecule has 0 bridgehead atoms. The smallest absolute Gasteiger partial charge is 0.396 e. The van der Waals surface area contributed by atoms with Gasteiger partial charge in [-0.15, -0.1) is 0 Å². The zero-order chi connectivity index (χ0) is 12.3. The summed E-state index contributed by atoms with van der Waals surface area (Å²) in [6.45, 7) is 0. The summed E-state index contributed by atoms with van der Waals surface area (Å²) in [6.07, 6.45) is -5.95. The Labute approximate surface area is 98.5 Å². The Morgan fingerprint density at radius 2 is 2.06 bits per heavy atom. The minimum Gasteiger partial charge on any atom is -0.497 e. The van der Waals surface area contributed by atoms with Gasteiger partial charge in [-0.2, -0.15) is 13.2 Å². The highest BCUT2D eigenvalue weighted by atomic mass is 79.9. The highest BCUT2D eigenvalue weighted by Crippen LogP contribution is 2.27. The molecule has 0 aliphatic carbocycles. The number of methoxy groups -OCH3 is 1. The summed E-state index contributed by atoms with van der Waals surface area (Å²) in [5.41, 5.74) is -0.00174. The van der Waals surface area contributed by atoms with Crippen molar-refractivity contribution in [3.05, 3.63) is 28.2 Å². The Morgan fingerprint density at radius 3 is 2.50 bits per heavy atom. The normalized spacial score (nSPS) is 11.3. The number of rotatable bonds is 3. The molecule has 88 valence electrons. The molecule has 16 heavy (non-hydrogen) atoms. The molecule has 1 rings (SSSR count). The molecule has 0 saturated heterocycles. The molecule has 1 aromatic carbocycles. The van der Waals surface area contributed by atoms with Gasteiger partial charge in [0.05, 0.1) is 7.11 Å². The van der Waals surface area contributed by atoms with Crippen LogP contribution in [0.5, 0.6) is 5.75 Å². The summed E-state index contributed by atoms with van der Waals surface area (Å²) in [5.74, 6) is -0.502. The Hall–Kier alpha value is -1.04. The zero-order valence-corrected chi connectivity index (χ0v) is 9.85. The molecular weight excluding hydrogens is 289 g/mol. The molecule has 0 atom stereocenters. The van der Waals surface area contributed by atoms with Crippen molar-refractivity contribution >= 4 is 21.7 Å². The van der Waals surface area contributed by atoms with Gasteiger partial charge in [0.25, 0.3) is 0 Å². The average Bonchev–Trinajstić information content (AvgIpc) is 2.14. The van der Waals surface area contributed by atoms with Gasteiger partial charge in [0.1, 0.15) is 12.2 Å². The molecule has 0 N–H and O–H groups in total. The number of ketones is 1. The summed E-state index contributed by atoms with van der Waals surface area (Å²) in [4.78, 5) is 11.3. The summed E-state index contributed by atoms with van der Waals surface area (Å²) in [5, 5.41) is 0.